The maximum atomic E-state index is 12.0. The maximum Gasteiger partial charge on any atom is 0.277 e. The molecule has 0 saturated carbocycles. The summed E-state index contributed by atoms with van der Waals surface area (Å²) in [5.41, 5.74) is 0.926. The van der Waals surface area contributed by atoms with Crippen molar-refractivity contribution < 1.29 is 4.79 Å². The van der Waals surface area contributed by atoms with Gasteiger partial charge in [-0.25, -0.2) is 10.1 Å². The highest BCUT2D eigenvalue weighted by Gasteiger charge is 2.15. The second-order valence-electron chi connectivity index (χ2n) is 4.53. The average molecular weight is 275 g/mol. The SMILES string of the molecule is Cc1n[nH]c(=O)c(C(=O)NCCCc2ncc[nH]2)c1C. The van der Waals surface area contributed by atoms with E-state index in [0.717, 1.165) is 18.7 Å². The lowest BCUT2D eigenvalue weighted by Crippen LogP contribution is -2.32. The summed E-state index contributed by atoms with van der Waals surface area (Å²) in [4.78, 5) is 30.8. The molecule has 106 valence electrons. The third-order valence-corrected chi connectivity index (χ3v) is 3.13. The van der Waals surface area contributed by atoms with Crippen LogP contribution < -0.4 is 10.9 Å². The number of imidazole rings is 1. The third kappa shape index (κ3) is 3.11. The molecule has 0 spiro atoms. The van der Waals surface area contributed by atoms with Crippen LogP contribution in [0.1, 0.15) is 33.9 Å². The minimum atomic E-state index is -0.461. The topological polar surface area (TPSA) is 104 Å². The van der Waals surface area contributed by atoms with Crippen LogP contribution >= 0.6 is 0 Å². The fourth-order valence-electron chi connectivity index (χ4n) is 1.88. The molecule has 2 rings (SSSR count). The largest absolute Gasteiger partial charge is 0.352 e. The number of hydrogen-bond acceptors (Lipinski definition) is 4. The van der Waals surface area contributed by atoms with Gasteiger partial charge in [0.2, 0.25) is 0 Å². The summed E-state index contributed by atoms with van der Waals surface area (Å²) in [5, 5.41) is 8.88. The molecule has 0 radical (unpaired) electrons. The van der Waals surface area contributed by atoms with Crippen LogP contribution in [-0.2, 0) is 6.42 Å². The first kappa shape index (κ1) is 14.0. The Labute approximate surface area is 115 Å². The first-order chi connectivity index (χ1) is 9.59. The molecule has 20 heavy (non-hydrogen) atoms. The van der Waals surface area contributed by atoms with E-state index in [-0.39, 0.29) is 11.5 Å². The number of hydrogen-bond donors (Lipinski definition) is 3. The van der Waals surface area contributed by atoms with Crippen LogP contribution in [0.3, 0.4) is 0 Å². The Hall–Kier alpha value is -2.44. The van der Waals surface area contributed by atoms with Crippen LogP contribution in [0.15, 0.2) is 17.2 Å². The van der Waals surface area contributed by atoms with Gasteiger partial charge in [-0.1, -0.05) is 0 Å². The highest BCUT2D eigenvalue weighted by Crippen LogP contribution is 2.04. The number of H-pyrrole nitrogens is 2. The van der Waals surface area contributed by atoms with Crippen LogP contribution in [0.2, 0.25) is 0 Å². The Morgan fingerprint density at radius 2 is 2.20 bits per heavy atom. The molecule has 3 N–H and O–H groups in total. The summed E-state index contributed by atoms with van der Waals surface area (Å²) >= 11 is 0. The molecule has 0 atom stereocenters. The fourth-order valence-corrected chi connectivity index (χ4v) is 1.88. The molecule has 7 heteroatoms. The number of carbonyl (C=O) groups excluding carboxylic acids is 1. The number of rotatable bonds is 5. The summed E-state index contributed by atoms with van der Waals surface area (Å²) < 4.78 is 0. The van der Waals surface area contributed by atoms with Gasteiger partial charge in [0.1, 0.15) is 11.4 Å². The van der Waals surface area contributed by atoms with Crippen LogP contribution in [-0.4, -0.2) is 32.6 Å². The molecule has 7 nitrogen and oxygen atoms in total. The molecule has 2 aromatic rings. The Morgan fingerprint density at radius 3 is 2.90 bits per heavy atom. The quantitative estimate of drug-likeness (QED) is 0.690. The molecule has 2 heterocycles. The first-order valence-corrected chi connectivity index (χ1v) is 6.42. The van der Waals surface area contributed by atoms with E-state index >= 15 is 0 Å². The lowest BCUT2D eigenvalue weighted by Gasteiger charge is -2.07. The van der Waals surface area contributed by atoms with Crippen molar-refractivity contribution in [2.45, 2.75) is 26.7 Å². The van der Waals surface area contributed by atoms with E-state index in [1.54, 1.807) is 26.2 Å². The molecule has 2 aromatic heterocycles. The molecule has 0 aliphatic rings. The number of aromatic amines is 2. The predicted molar refractivity (Wildman–Crippen MR) is 73.6 cm³/mol. The second-order valence-corrected chi connectivity index (χ2v) is 4.53. The third-order valence-electron chi connectivity index (χ3n) is 3.13. The van der Waals surface area contributed by atoms with E-state index in [1.807, 2.05) is 0 Å². The minimum absolute atomic E-state index is 0.135. The number of amides is 1. The molecule has 0 aliphatic heterocycles. The molecular formula is C13H17N5O2. The van der Waals surface area contributed by atoms with E-state index in [2.05, 4.69) is 25.5 Å². The zero-order chi connectivity index (χ0) is 14.5. The van der Waals surface area contributed by atoms with Crippen molar-refractivity contribution in [3.05, 3.63) is 45.4 Å². The van der Waals surface area contributed by atoms with Crippen LogP contribution in [0.25, 0.3) is 0 Å². The van der Waals surface area contributed by atoms with E-state index in [1.165, 1.54) is 0 Å². The Kier molecular flexibility index (Phi) is 4.29. The van der Waals surface area contributed by atoms with Crippen molar-refractivity contribution in [2.75, 3.05) is 6.54 Å². The van der Waals surface area contributed by atoms with Crippen molar-refractivity contribution >= 4 is 5.91 Å². The van der Waals surface area contributed by atoms with Gasteiger partial charge in [0, 0.05) is 25.4 Å². The van der Waals surface area contributed by atoms with Crippen LogP contribution in [0, 0.1) is 13.8 Å². The number of nitrogens with one attached hydrogen (secondary N) is 3. The number of aromatic nitrogens is 4. The zero-order valence-corrected chi connectivity index (χ0v) is 11.5. The van der Waals surface area contributed by atoms with Gasteiger partial charge >= 0.3 is 0 Å². The standard InChI is InChI=1S/C13H17N5O2/c1-8-9(2)17-18-13(20)11(8)12(19)16-5-3-4-10-14-6-7-15-10/h6-7H,3-5H2,1-2H3,(H,14,15)(H,16,19)(H,18,20). The van der Waals surface area contributed by atoms with E-state index in [9.17, 15) is 9.59 Å². The van der Waals surface area contributed by atoms with Crippen molar-refractivity contribution in [1.82, 2.24) is 25.5 Å². The molecule has 0 fully saturated rings. The zero-order valence-electron chi connectivity index (χ0n) is 11.5. The van der Waals surface area contributed by atoms with Crippen LogP contribution in [0.5, 0.6) is 0 Å². The second kappa shape index (κ2) is 6.14. The molecule has 1 amide bonds. The summed E-state index contributed by atoms with van der Waals surface area (Å²) in [6.07, 6.45) is 4.95. The lowest BCUT2D eigenvalue weighted by molar-refractivity contribution is 0.0950. The average Bonchev–Trinajstić information content (AvgIpc) is 2.93. The Morgan fingerprint density at radius 1 is 1.40 bits per heavy atom. The lowest BCUT2D eigenvalue weighted by atomic mass is 10.1. The summed E-state index contributed by atoms with van der Waals surface area (Å²) in [6.45, 7) is 3.95. The van der Waals surface area contributed by atoms with E-state index in [0.29, 0.717) is 17.8 Å². The number of carbonyl (C=O) groups is 1. The van der Waals surface area contributed by atoms with Gasteiger partial charge in [0.05, 0.1) is 5.69 Å². The van der Waals surface area contributed by atoms with Crippen molar-refractivity contribution in [3.8, 4) is 0 Å². The van der Waals surface area contributed by atoms with E-state index < -0.39 is 5.56 Å². The van der Waals surface area contributed by atoms with Gasteiger partial charge in [-0.15, -0.1) is 0 Å². The molecule has 0 aliphatic carbocycles. The van der Waals surface area contributed by atoms with Gasteiger partial charge in [-0.2, -0.15) is 5.10 Å². The van der Waals surface area contributed by atoms with Gasteiger partial charge in [0.25, 0.3) is 11.5 Å². The minimum Gasteiger partial charge on any atom is -0.352 e. The fraction of sp³-hybridized carbons (Fsp3) is 0.385. The summed E-state index contributed by atoms with van der Waals surface area (Å²) in [5.74, 6) is 0.515. The monoisotopic (exact) mass is 275 g/mol. The van der Waals surface area contributed by atoms with Crippen molar-refractivity contribution in [3.63, 3.8) is 0 Å². The molecule has 0 bridgehead atoms. The number of nitrogens with zero attached hydrogens (tertiary/aromatic N) is 2. The summed E-state index contributed by atoms with van der Waals surface area (Å²) in [7, 11) is 0. The van der Waals surface area contributed by atoms with E-state index in [4.69, 9.17) is 0 Å². The molecule has 0 unspecified atom stereocenters. The van der Waals surface area contributed by atoms with Gasteiger partial charge in [-0.3, -0.25) is 9.59 Å². The molecular weight excluding hydrogens is 258 g/mol. The van der Waals surface area contributed by atoms with Gasteiger partial charge in [0.15, 0.2) is 0 Å². The maximum absolute atomic E-state index is 12.0. The molecule has 0 saturated heterocycles. The smallest absolute Gasteiger partial charge is 0.277 e. The van der Waals surface area contributed by atoms with Crippen molar-refractivity contribution in [1.29, 1.82) is 0 Å². The summed E-state index contributed by atoms with van der Waals surface area (Å²) in [6, 6.07) is 0. The Balaban J connectivity index is 1.92. The molecule has 0 aromatic carbocycles. The normalized spacial score (nSPS) is 10.5. The number of aryl methyl sites for hydroxylation is 2. The highest BCUT2D eigenvalue weighted by atomic mass is 16.2. The van der Waals surface area contributed by atoms with Gasteiger partial charge < -0.3 is 10.3 Å². The Bertz CT molecular complexity index is 645. The van der Waals surface area contributed by atoms with Crippen molar-refractivity contribution in [2.24, 2.45) is 0 Å². The van der Waals surface area contributed by atoms with Gasteiger partial charge in [-0.05, 0) is 25.8 Å². The first-order valence-electron chi connectivity index (χ1n) is 6.42. The predicted octanol–water partition coefficient (Wildman–Crippen LogP) is 0.472. The highest BCUT2D eigenvalue weighted by molar-refractivity contribution is 5.95. The van der Waals surface area contributed by atoms with Crippen LogP contribution in [0.4, 0.5) is 0 Å².